The van der Waals surface area contributed by atoms with E-state index >= 15 is 0 Å². The minimum Gasteiger partial charge on any atom is -0.490 e. The second kappa shape index (κ2) is 8.05. The van der Waals surface area contributed by atoms with Crippen molar-refractivity contribution in [3.63, 3.8) is 0 Å². The number of carbonyl (C=O) groups excluding carboxylic acids is 1. The molecule has 1 amide bonds. The highest BCUT2D eigenvalue weighted by Gasteiger charge is 2.16. The topological polar surface area (TPSA) is 62.6 Å². The van der Waals surface area contributed by atoms with Gasteiger partial charge in [-0.25, -0.2) is 0 Å². The van der Waals surface area contributed by atoms with Gasteiger partial charge in [-0.3, -0.25) is 4.79 Å². The van der Waals surface area contributed by atoms with E-state index in [4.69, 9.17) is 14.7 Å². The van der Waals surface area contributed by atoms with Crippen molar-refractivity contribution in [1.82, 2.24) is 4.90 Å². The van der Waals surface area contributed by atoms with Crippen LogP contribution in [0.1, 0.15) is 31.1 Å². The Hall–Kier alpha value is -2.22. The fourth-order valence-electron chi connectivity index (χ4n) is 1.78. The predicted octanol–water partition coefficient (Wildman–Crippen LogP) is 2.47. The molecule has 5 nitrogen and oxygen atoms in total. The Morgan fingerprint density at radius 3 is 2.40 bits per heavy atom. The second-order valence-electron chi connectivity index (χ2n) is 4.00. The molecule has 5 heteroatoms. The Balaban J connectivity index is 3.04. The van der Waals surface area contributed by atoms with Crippen molar-refractivity contribution in [3.05, 3.63) is 23.8 Å². The quantitative estimate of drug-likeness (QED) is 0.718. The van der Waals surface area contributed by atoms with Gasteiger partial charge in [-0.05, 0) is 39.0 Å². The first-order chi connectivity index (χ1) is 9.67. The molecule has 108 valence electrons. The van der Waals surface area contributed by atoms with Gasteiger partial charge in [0.25, 0.3) is 5.91 Å². The molecule has 0 N–H and O–H groups in total. The largest absolute Gasteiger partial charge is 0.490 e. The summed E-state index contributed by atoms with van der Waals surface area (Å²) in [5.74, 6) is 0.987. The molecule has 1 rings (SSSR count). The number of hydrogen-bond acceptors (Lipinski definition) is 4. The molecule has 0 spiro atoms. The molecular formula is C15H20N2O3. The van der Waals surface area contributed by atoms with E-state index in [1.807, 2.05) is 26.8 Å². The van der Waals surface area contributed by atoms with Crippen LogP contribution in [0, 0.1) is 11.3 Å². The number of hydrogen-bond donors (Lipinski definition) is 0. The van der Waals surface area contributed by atoms with E-state index in [9.17, 15) is 4.79 Å². The fraction of sp³-hybridized carbons (Fsp3) is 0.467. The van der Waals surface area contributed by atoms with Crippen molar-refractivity contribution in [2.24, 2.45) is 0 Å². The maximum Gasteiger partial charge on any atom is 0.254 e. The lowest BCUT2D eigenvalue weighted by atomic mass is 10.1. The molecule has 0 bridgehead atoms. The van der Waals surface area contributed by atoms with Gasteiger partial charge < -0.3 is 14.4 Å². The number of amides is 1. The van der Waals surface area contributed by atoms with Gasteiger partial charge in [0.15, 0.2) is 11.5 Å². The molecule has 1 aromatic carbocycles. The van der Waals surface area contributed by atoms with Crippen LogP contribution in [0.5, 0.6) is 11.5 Å². The van der Waals surface area contributed by atoms with E-state index in [1.54, 1.807) is 18.2 Å². The maximum absolute atomic E-state index is 12.3. The molecule has 0 aliphatic heterocycles. The Morgan fingerprint density at radius 1 is 1.20 bits per heavy atom. The van der Waals surface area contributed by atoms with Gasteiger partial charge in [-0.2, -0.15) is 5.26 Å². The van der Waals surface area contributed by atoms with Crippen LogP contribution in [0.3, 0.4) is 0 Å². The third kappa shape index (κ3) is 3.89. The maximum atomic E-state index is 12.3. The molecule has 1 aromatic rings. The first kappa shape index (κ1) is 15.8. The van der Waals surface area contributed by atoms with Crippen LogP contribution >= 0.6 is 0 Å². The van der Waals surface area contributed by atoms with Crippen LogP contribution in [0.25, 0.3) is 0 Å². The molecule has 0 unspecified atom stereocenters. The molecule has 0 aliphatic rings. The van der Waals surface area contributed by atoms with Crippen LogP contribution < -0.4 is 9.47 Å². The first-order valence-corrected chi connectivity index (χ1v) is 6.73. The molecule has 0 saturated heterocycles. The molecular weight excluding hydrogens is 256 g/mol. The minimum atomic E-state index is -0.182. The molecule has 0 fully saturated rings. The summed E-state index contributed by atoms with van der Waals surface area (Å²) >= 11 is 0. The number of nitrogens with zero attached hydrogens (tertiary/aromatic N) is 2. The van der Waals surface area contributed by atoms with Crippen molar-refractivity contribution in [2.75, 3.05) is 26.3 Å². The van der Waals surface area contributed by atoms with E-state index < -0.39 is 0 Å². The molecule has 0 saturated carbocycles. The molecule has 20 heavy (non-hydrogen) atoms. The second-order valence-corrected chi connectivity index (χ2v) is 4.00. The molecule has 0 radical (unpaired) electrons. The summed E-state index contributed by atoms with van der Waals surface area (Å²) in [6.07, 6.45) is 0. The average Bonchev–Trinajstić information content (AvgIpc) is 2.46. The zero-order chi connectivity index (χ0) is 15.0. The van der Waals surface area contributed by atoms with Crippen LogP contribution in [0.4, 0.5) is 0 Å². The lowest BCUT2D eigenvalue weighted by molar-refractivity contribution is 0.0783. The summed E-state index contributed by atoms with van der Waals surface area (Å²) in [5.41, 5.74) is 0.494. The van der Waals surface area contributed by atoms with Crippen molar-refractivity contribution in [2.45, 2.75) is 20.8 Å². The highest BCUT2D eigenvalue weighted by molar-refractivity contribution is 5.95. The predicted molar refractivity (Wildman–Crippen MR) is 76.0 cm³/mol. The highest BCUT2D eigenvalue weighted by Crippen LogP contribution is 2.29. The SMILES string of the molecule is CCOc1ccc(C(=O)N(CC)CC#N)cc1OCC. The van der Waals surface area contributed by atoms with Gasteiger partial charge in [0, 0.05) is 12.1 Å². The van der Waals surface area contributed by atoms with Gasteiger partial charge in [0.2, 0.25) is 0 Å². The standard InChI is InChI=1S/C15H20N2O3/c1-4-17(10-9-16)15(18)12-7-8-13(19-5-2)14(11-12)20-6-3/h7-8,11H,4-6,10H2,1-3H3. The number of ether oxygens (including phenoxy) is 2. The smallest absolute Gasteiger partial charge is 0.254 e. The fourth-order valence-corrected chi connectivity index (χ4v) is 1.78. The van der Waals surface area contributed by atoms with Crippen LogP contribution in [-0.2, 0) is 0 Å². The van der Waals surface area contributed by atoms with Gasteiger partial charge in [-0.15, -0.1) is 0 Å². The molecule has 0 aromatic heterocycles. The average molecular weight is 276 g/mol. The zero-order valence-electron chi connectivity index (χ0n) is 12.2. The Morgan fingerprint density at radius 2 is 1.85 bits per heavy atom. The van der Waals surface area contributed by atoms with Crippen molar-refractivity contribution >= 4 is 5.91 Å². The lowest BCUT2D eigenvalue weighted by Gasteiger charge is -2.18. The van der Waals surface area contributed by atoms with Gasteiger partial charge >= 0.3 is 0 Å². The minimum absolute atomic E-state index is 0.0759. The van der Waals surface area contributed by atoms with E-state index in [2.05, 4.69) is 0 Å². The van der Waals surface area contributed by atoms with Crippen LogP contribution in [0.15, 0.2) is 18.2 Å². The summed E-state index contributed by atoms with van der Waals surface area (Å²) < 4.78 is 10.9. The van der Waals surface area contributed by atoms with Gasteiger partial charge in [0.05, 0.1) is 19.3 Å². The number of benzene rings is 1. The molecule has 0 atom stereocenters. The Kier molecular flexibility index (Phi) is 6.38. The summed E-state index contributed by atoms with van der Waals surface area (Å²) in [6.45, 7) is 7.19. The Labute approximate surface area is 119 Å². The number of carbonyl (C=O) groups is 1. The van der Waals surface area contributed by atoms with Crippen molar-refractivity contribution in [1.29, 1.82) is 5.26 Å². The van der Waals surface area contributed by atoms with Crippen molar-refractivity contribution < 1.29 is 14.3 Å². The summed E-state index contributed by atoms with van der Waals surface area (Å²) in [6, 6.07) is 7.07. The van der Waals surface area contributed by atoms with Crippen molar-refractivity contribution in [3.8, 4) is 17.6 Å². The Bertz CT molecular complexity index is 494. The summed E-state index contributed by atoms with van der Waals surface area (Å²) in [7, 11) is 0. The van der Waals surface area contributed by atoms with E-state index in [1.165, 1.54) is 4.90 Å². The summed E-state index contributed by atoms with van der Waals surface area (Å²) in [4.78, 5) is 13.7. The monoisotopic (exact) mass is 276 g/mol. The number of rotatable bonds is 7. The third-order valence-electron chi connectivity index (χ3n) is 2.72. The van der Waals surface area contributed by atoms with Gasteiger partial charge in [0.1, 0.15) is 6.54 Å². The van der Waals surface area contributed by atoms with Crippen LogP contribution in [0.2, 0.25) is 0 Å². The van der Waals surface area contributed by atoms with Gasteiger partial charge in [-0.1, -0.05) is 0 Å². The normalized spacial score (nSPS) is 9.70. The zero-order valence-corrected chi connectivity index (χ0v) is 12.2. The van der Waals surface area contributed by atoms with E-state index in [0.29, 0.717) is 36.8 Å². The van der Waals surface area contributed by atoms with E-state index in [-0.39, 0.29) is 12.5 Å². The van der Waals surface area contributed by atoms with E-state index in [0.717, 1.165) is 0 Å². The molecule has 0 aliphatic carbocycles. The highest BCUT2D eigenvalue weighted by atomic mass is 16.5. The lowest BCUT2D eigenvalue weighted by Crippen LogP contribution is -2.31. The third-order valence-corrected chi connectivity index (χ3v) is 2.72. The number of nitriles is 1. The molecule has 0 heterocycles. The van der Waals surface area contributed by atoms with Crippen LogP contribution in [-0.4, -0.2) is 37.1 Å². The first-order valence-electron chi connectivity index (χ1n) is 6.73. The summed E-state index contributed by atoms with van der Waals surface area (Å²) in [5, 5.41) is 8.73.